The largest absolute Gasteiger partial charge is 0.418 e. The van der Waals surface area contributed by atoms with Crippen LogP contribution in [0.25, 0.3) is 20.5 Å². The van der Waals surface area contributed by atoms with E-state index in [1.54, 1.807) is 18.7 Å². The highest BCUT2D eigenvalue weighted by Gasteiger charge is 2.41. The van der Waals surface area contributed by atoms with Crippen molar-refractivity contribution in [2.24, 2.45) is 0 Å². The highest BCUT2D eigenvalue weighted by atomic mass is 32.2. The standard InChI is InChI=1S/C23H21F3N4O2S2/c24-23(25,26)22-18(20-11-15-5-1-2-9-19(15)33-20)8-4-10-21(22)34(31,32)29-16-6-3-7-17(12-16)30-13-27-28-14-30/h1-2,4-5,8-11,13-14,16-17,29H,3,6-7,12H2/t16-,17+/m0/s1. The Kier molecular flexibility index (Phi) is 5.95. The Morgan fingerprint density at radius 1 is 1.03 bits per heavy atom. The highest BCUT2D eigenvalue weighted by Crippen LogP contribution is 2.44. The van der Waals surface area contributed by atoms with E-state index in [0.717, 1.165) is 29.0 Å². The molecule has 1 N–H and O–H groups in total. The first kappa shape index (κ1) is 23.0. The fraction of sp³-hybridized carbons (Fsp3) is 0.304. The van der Waals surface area contributed by atoms with E-state index < -0.39 is 32.7 Å². The molecular formula is C23H21F3N4O2S2. The number of fused-ring (bicyclic) bond motifs is 1. The van der Waals surface area contributed by atoms with Crippen molar-refractivity contribution in [2.45, 2.75) is 48.8 Å². The van der Waals surface area contributed by atoms with Gasteiger partial charge < -0.3 is 4.57 Å². The second-order valence-corrected chi connectivity index (χ2v) is 11.1. The van der Waals surface area contributed by atoms with Gasteiger partial charge in [0.1, 0.15) is 12.7 Å². The number of halogens is 3. The Balaban J connectivity index is 1.52. The lowest BCUT2D eigenvalue weighted by Crippen LogP contribution is -2.39. The molecule has 0 amide bonds. The van der Waals surface area contributed by atoms with Crippen molar-refractivity contribution in [1.29, 1.82) is 0 Å². The van der Waals surface area contributed by atoms with Crippen LogP contribution in [0.1, 0.15) is 37.3 Å². The number of hydrogen-bond acceptors (Lipinski definition) is 5. The molecule has 11 heteroatoms. The summed E-state index contributed by atoms with van der Waals surface area (Å²) in [6.07, 6.45) is 0.851. The molecule has 2 atom stereocenters. The van der Waals surface area contributed by atoms with Crippen LogP contribution in [0.4, 0.5) is 13.2 Å². The van der Waals surface area contributed by atoms with Crippen molar-refractivity contribution in [2.75, 3.05) is 0 Å². The van der Waals surface area contributed by atoms with Gasteiger partial charge in [-0.25, -0.2) is 13.1 Å². The van der Waals surface area contributed by atoms with E-state index >= 15 is 0 Å². The number of nitrogens with one attached hydrogen (secondary N) is 1. The number of alkyl halides is 3. The van der Waals surface area contributed by atoms with Gasteiger partial charge in [0, 0.05) is 27.2 Å². The maximum absolute atomic E-state index is 14.3. The number of sulfonamides is 1. The summed E-state index contributed by atoms with van der Waals surface area (Å²) < 4.78 is 74.6. The monoisotopic (exact) mass is 506 g/mol. The van der Waals surface area contributed by atoms with E-state index in [2.05, 4.69) is 14.9 Å². The minimum Gasteiger partial charge on any atom is -0.317 e. The minimum absolute atomic E-state index is 0.0107. The van der Waals surface area contributed by atoms with E-state index in [-0.39, 0.29) is 11.6 Å². The van der Waals surface area contributed by atoms with Crippen LogP contribution < -0.4 is 4.72 Å². The van der Waals surface area contributed by atoms with Crippen molar-refractivity contribution in [3.63, 3.8) is 0 Å². The molecule has 178 valence electrons. The quantitative estimate of drug-likeness (QED) is 0.380. The molecule has 1 aliphatic rings. The summed E-state index contributed by atoms with van der Waals surface area (Å²) in [5.41, 5.74) is -1.28. The molecule has 6 nitrogen and oxygen atoms in total. The molecule has 2 heterocycles. The van der Waals surface area contributed by atoms with Crippen LogP contribution in [0.2, 0.25) is 0 Å². The molecule has 0 unspecified atom stereocenters. The molecule has 2 aromatic carbocycles. The van der Waals surface area contributed by atoms with Gasteiger partial charge in [-0.1, -0.05) is 30.3 Å². The predicted molar refractivity (Wildman–Crippen MR) is 124 cm³/mol. The van der Waals surface area contributed by atoms with E-state index in [9.17, 15) is 21.6 Å². The van der Waals surface area contributed by atoms with Gasteiger partial charge in [-0.2, -0.15) is 13.2 Å². The molecular weight excluding hydrogens is 485 g/mol. The smallest absolute Gasteiger partial charge is 0.317 e. The van der Waals surface area contributed by atoms with Gasteiger partial charge in [-0.05, 0) is 49.3 Å². The Labute approximate surface area is 198 Å². The van der Waals surface area contributed by atoms with E-state index in [1.807, 2.05) is 28.8 Å². The molecule has 1 aliphatic carbocycles. The Hall–Kier alpha value is -2.76. The zero-order valence-electron chi connectivity index (χ0n) is 17.9. The van der Waals surface area contributed by atoms with Crippen molar-refractivity contribution < 1.29 is 21.6 Å². The third-order valence-corrected chi connectivity index (χ3v) is 8.83. The fourth-order valence-electron chi connectivity index (χ4n) is 4.59. The van der Waals surface area contributed by atoms with Gasteiger partial charge in [-0.3, -0.25) is 0 Å². The Morgan fingerprint density at radius 2 is 1.79 bits per heavy atom. The van der Waals surface area contributed by atoms with Gasteiger partial charge in [0.25, 0.3) is 0 Å². The molecule has 1 saturated carbocycles. The van der Waals surface area contributed by atoms with E-state index in [1.165, 1.54) is 23.5 Å². The van der Waals surface area contributed by atoms with E-state index in [4.69, 9.17) is 0 Å². The van der Waals surface area contributed by atoms with Crippen molar-refractivity contribution in [3.8, 4) is 10.4 Å². The van der Waals surface area contributed by atoms with Gasteiger partial charge in [-0.15, -0.1) is 21.5 Å². The second-order valence-electron chi connectivity index (χ2n) is 8.37. The highest BCUT2D eigenvalue weighted by molar-refractivity contribution is 7.89. The third kappa shape index (κ3) is 4.47. The number of nitrogens with zero attached hydrogens (tertiary/aromatic N) is 3. The van der Waals surface area contributed by atoms with Crippen LogP contribution in [0.3, 0.4) is 0 Å². The molecule has 0 aliphatic heterocycles. The maximum Gasteiger partial charge on any atom is 0.418 e. The lowest BCUT2D eigenvalue weighted by molar-refractivity contribution is -0.139. The molecule has 5 rings (SSSR count). The summed E-state index contributed by atoms with van der Waals surface area (Å²) in [5.74, 6) is 0. The average Bonchev–Trinajstić information content (AvgIpc) is 3.48. The molecule has 34 heavy (non-hydrogen) atoms. The second kappa shape index (κ2) is 8.79. The SMILES string of the molecule is O=S(=O)(N[C@H]1CCC[C@@H](n2cnnc2)C1)c1cccc(-c2cc3ccccc3s2)c1C(F)(F)F. The Morgan fingerprint density at radius 3 is 2.53 bits per heavy atom. The summed E-state index contributed by atoms with van der Waals surface area (Å²) in [6.45, 7) is 0. The van der Waals surface area contributed by atoms with Crippen molar-refractivity contribution in [3.05, 3.63) is 66.7 Å². The Bertz CT molecular complexity index is 1380. The van der Waals surface area contributed by atoms with Crippen LogP contribution in [-0.4, -0.2) is 29.2 Å². The molecule has 2 aromatic heterocycles. The molecule has 0 saturated heterocycles. The fourth-order valence-corrected chi connectivity index (χ4v) is 7.22. The summed E-state index contributed by atoms with van der Waals surface area (Å²) >= 11 is 1.20. The average molecular weight is 507 g/mol. The van der Waals surface area contributed by atoms with Gasteiger partial charge >= 0.3 is 6.18 Å². The third-order valence-electron chi connectivity index (χ3n) is 6.12. The van der Waals surface area contributed by atoms with Gasteiger partial charge in [0.15, 0.2) is 0 Å². The first-order valence-corrected chi connectivity index (χ1v) is 13.1. The van der Waals surface area contributed by atoms with Gasteiger partial charge in [0.2, 0.25) is 10.0 Å². The number of rotatable bonds is 5. The summed E-state index contributed by atoms with van der Waals surface area (Å²) in [5, 5.41) is 8.38. The lowest BCUT2D eigenvalue weighted by Gasteiger charge is -2.30. The summed E-state index contributed by atoms with van der Waals surface area (Å²) in [7, 11) is -4.43. The number of benzene rings is 2. The molecule has 0 spiro atoms. The number of thiophene rings is 1. The number of aromatic nitrogens is 3. The van der Waals surface area contributed by atoms with Crippen LogP contribution in [-0.2, 0) is 16.2 Å². The van der Waals surface area contributed by atoms with Crippen LogP contribution >= 0.6 is 11.3 Å². The zero-order valence-corrected chi connectivity index (χ0v) is 19.5. The van der Waals surface area contributed by atoms with Crippen LogP contribution in [0.5, 0.6) is 0 Å². The first-order valence-electron chi connectivity index (χ1n) is 10.8. The number of hydrogen-bond donors (Lipinski definition) is 1. The van der Waals surface area contributed by atoms with E-state index in [0.29, 0.717) is 17.7 Å². The topological polar surface area (TPSA) is 76.9 Å². The minimum atomic E-state index is -4.85. The first-order chi connectivity index (χ1) is 16.2. The maximum atomic E-state index is 14.3. The molecule has 4 aromatic rings. The normalized spacial score (nSPS) is 19.5. The summed E-state index contributed by atoms with van der Waals surface area (Å²) in [6, 6.07) is 12.2. The summed E-state index contributed by atoms with van der Waals surface area (Å²) in [4.78, 5) is -0.378. The molecule has 0 bridgehead atoms. The van der Waals surface area contributed by atoms with Gasteiger partial charge in [0.05, 0.1) is 10.5 Å². The van der Waals surface area contributed by atoms with Crippen LogP contribution in [0.15, 0.2) is 66.1 Å². The molecule has 0 radical (unpaired) electrons. The predicted octanol–water partition coefficient (Wildman–Crippen LogP) is 5.64. The lowest BCUT2D eigenvalue weighted by atomic mass is 9.91. The van der Waals surface area contributed by atoms with Crippen LogP contribution in [0, 0.1) is 0 Å². The van der Waals surface area contributed by atoms with Crippen molar-refractivity contribution in [1.82, 2.24) is 19.5 Å². The zero-order chi connectivity index (χ0) is 23.9. The molecule has 1 fully saturated rings. The van der Waals surface area contributed by atoms with Crippen molar-refractivity contribution >= 4 is 31.4 Å².